The molecule has 0 unspecified atom stereocenters. The predicted molar refractivity (Wildman–Crippen MR) is 56.9 cm³/mol. The molecule has 14 heavy (non-hydrogen) atoms. The molecule has 1 aromatic carbocycles. The van der Waals surface area contributed by atoms with Crippen LogP contribution >= 0.6 is 0 Å². The maximum Gasteiger partial charge on any atom is 0.162 e. The number of benzene rings is 1. The van der Waals surface area contributed by atoms with E-state index in [-0.39, 0.29) is 5.78 Å². The van der Waals surface area contributed by atoms with Crippen molar-refractivity contribution in [2.45, 2.75) is 34.1 Å². The Morgan fingerprint density at radius 2 is 1.86 bits per heavy atom. The highest BCUT2D eigenvalue weighted by molar-refractivity contribution is 5.98. The molecule has 1 N–H and O–H groups in total. The number of ketones is 1. The Balaban J connectivity index is 3.40. The molecule has 0 amide bonds. The van der Waals surface area contributed by atoms with Crippen LogP contribution in [0.4, 0.5) is 0 Å². The Morgan fingerprint density at radius 1 is 1.29 bits per heavy atom. The zero-order valence-electron chi connectivity index (χ0n) is 9.14. The van der Waals surface area contributed by atoms with Crippen LogP contribution in [0.25, 0.3) is 0 Å². The van der Waals surface area contributed by atoms with Gasteiger partial charge in [-0.2, -0.15) is 0 Å². The molecule has 0 aliphatic heterocycles. The van der Waals surface area contributed by atoms with Gasteiger partial charge in [0.1, 0.15) is 5.75 Å². The average molecular weight is 192 g/mol. The van der Waals surface area contributed by atoms with Crippen LogP contribution in [0.2, 0.25) is 0 Å². The molecule has 0 heterocycles. The molecule has 0 aliphatic carbocycles. The van der Waals surface area contributed by atoms with E-state index in [2.05, 4.69) is 0 Å². The lowest BCUT2D eigenvalue weighted by Gasteiger charge is -2.11. The summed E-state index contributed by atoms with van der Waals surface area (Å²) in [6, 6.07) is 1.77. The molecule has 2 nitrogen and oxygen atoms in total. The molecule has 0 saturated carbocycles. The van der Waals surface area contributed by atoms with Crippen LogP contribution in [0, 0.1) is 20.8 Å². The first-order valence-corrected chi connectivity index (χ1v) is 4.82. The number of hydrogen-bond donors (Lipinski definition) is 1. The molecule has 0 aliphatic rings. The van der Waals surface area contributed by atoms with E-state index in [1.165, 1.54) is 0 Å². The van der Waals surface area contributed by atoms with Crippen molar-refractivity contribution >= 4 is 5.78 Å². The van der Waals surface area contributed by atoms with Crippen molar-refractivity contribution in [1.29, 1.82) is 0 Å². The summed E-state index contributed by atoms with van der Waals surface area (Å²) in [5.74, 6) is 0.434. The second-order valence-corrected chi connectivity index (χ2v) is 3.62. The molecule has 2 heteroatoms. The summed E-state index contributed by atoms with van der Waals surface area (Å²) in [6.07, 6.45) is 0.504. The van der Waals surface area contributed by atoms with Crippen molar-refractivity contribution in [3.05, 3.63) is 28.3 Å². The highest BCUT2D eigenvalue weighted by Crippen LogP contribution is 2.27. The minimum atomic E-state index is 0.133. The molecule has 0 bridgehead atoms. The highest BCUT2D eigenvalue weighted by Gasteiger charge is 2.13. The van der Waals surface area contributed by atoms with E-state index in [1.807, 2.05) is 27.7 Å². The molecule has 1 aromatic rings. The lowest BCUT2D eigenvalue weighted by atomic mass is 9.95. The standard InChI is InChI=1S/C12H16O2/c1-5-11(13)10-6-7(2)12(14)9(4)8(10)3/h6,14H,5H2,1-4H3. The Morgan fingerprint density at radius 3 is 2.36 bits per heavy atom. The summed E-state index contributed by atoms with van der Waals surface area (Å²) in [7, 11) is 0. The second kappa shape index (κ2) is 3.82. The van der Waals surface area contributed by atoms with Gasteiger partial charge in [-0.1, -0.05) is 6.92 Å². The molecule has 0 radical (unpaired) electrons. The van der Waals surface area contributed by atoms with Crippen LogP contribution in [0.1, 0.15) is 40.4 Å². The van der Waals surface area contributed by atoms with Crippen molar-refractivity contribution in [3.8, 4) is 5.75 Å². The number of phenolic OH excluding ortho intramolecular Hbond substituents is 1. The molecule has 0 aromatic heterocycles. The summed E-state index contributed by atoms with van der Waals surface area (Å²) < 4.78 is 0. The third kappa shape index (κ3) is 1.65. The number of Topliss-reactive ketones (excluding diaryl/α,β-unsaturated/α-hetero) is 1. The summed E-state index contributed by atoms with van der Waals surface area (Å²) >= 11 is 0. The fourth-order valence-electron chi connectivity index (χ4n) is 1.55. The number of aromatic hydroxyl groups is 1. The van der Waals surface area contributed by atoms with Gasteiger partial charge in [0.2, 0.25) is 0 Å². The van der Waals surface area contributed by atoms with E-state index >= 15 is 0 Å². The van der Waals surface area contributed by atoms with Gasteiger partial charge in [0.25, 0.3) is 0 Å². The first kappa shape index (κ1) is 10.8. The molecule has 0 fully saturated rings. The zero-order valence-corrected chi connectivity index (χ0v) is 9.14. The number of aryl methyl sites for hydroxylation is 1. The van der Waals surface area contributed by atoms with Crippen molar-refractivity contribution < 1.29 is 9.90 Å². The monoisotopic (exact) mass is 192 g/mol. The predicted octanol–water partition coefficient (Wildman–Crippen LogP) is 2.91. The topological polar surface area (TPSA) is 37.3 Å². The van der Waals surface area contributed by atoms with E-state index in [9.17, 15) is 9.90 Å². The SMILES string of the molecule is CCC(=O)c1cc(C)c(O)c(C)c1C. The number of phenols is 1. The van der Waals surface area contributed by atoms with Crippen LogP contribution in [0.15, 0.2) is 6.07 Å². The maximum absolute atomic E-state index is 11.6. The van der Waals surface area contributed by atoms with Gasteiger partial charge in [-0.05, 0) is 43.5 Å². The first-order valence-electron chi connectivity index (χ1n) is 4.82. The van der Waals surface area contributed by atoms with E-state index in [0.717, 1.165) is 22.3 Å². The number of hydrogen-bond acceptors (Lipinski definition) is 2. The van der Waals surface area contributed by atoms with Crippen molar-refractivity contribution in [3.63, 3.8) is 0 Å². The van der Waals surface area contributed by atoms with E-state index in [1.54, 1.807) is 6.07 Å². The van der Waals surface area contributed by atoms with Crippen molar-refractivity contribution in [1.82, 2.24) is 0 Å². The molecule has 1 rings (SSSR count). The van der Waals surface area contributed by atoms with E-state index < -0.39 is 0 Å². The molecular formula is C12H16O2. The van der Waals surface area contributed by atoms with Gasteiger partial charge in [0.15, 0.2) is 5.78 Å². The minimum Gasteiger partial charge on any atom is -0.507 e. The van der Waals surface area contributed by atoms with E-state index in [0.29, 0.717) is 12.2 Å². The summed E-state index contributed by atoms with van der Waals surface area (Å²) in [5, 5.41) is 9.65. The molecule has 0 atom stereocenters. The van der Waals surface area contributed by atoms with Gasteiger partial charge in [0, 0.05) is 12.0 Å². The van der Waals surface area contributed by atoms with Crippen LogP contribution < -0.4 is 0 Å². The summed E-state index contributed by atoms with van der Waals surface area (Å²) in [4.78, 5) is 11.6. The number of carbonyl (C=O) groups is 1. The Bertz CT molecular complexity index is 378. The number of carbonyl (C=O) groups excluding carboxylic acids is 1. The van der Waals surface area contributed by atoms with Gasteiger partial charge < -0.3 is 5.11 Å². The lowest BCUT2D eigenvalue weighted by Crippen LogP contribution is -2.02. The van der Waals surface area contributed by atoms with Crippen LogP contribution in [-0.2, 0) is 0 Å². The molecular weight excluding hydrogens is 176 g/mol. The Hall–Kier alpha value is -1.31. The highest BCUT2D eigenvalue weighted by atomic mass is 16.3. The molecule has 0 spiro atoms. The largest absolute Gasteiger partial charge is 0.507 e. The van der Waals surface area contributed by atoms with Crippen LogP contribution in [0.5, 0.6) is 5.75 Å². The van der Waals surface area contributed by atoms with Crippen molar-refractivity contribution in [2.75, 3.05) is 0 Å². The molecule has 76 valence electrons. The Kier molecular flexibility index (Phi) is 2.94. The lowest BCUT2D eigenvalue weighted by molar-refractivity contribution is 0.0987. The normalized spacial score (nSPS) is 10.3. The van der Waals surface area contributed by atoms with Crippen LogP contribution in [-0.4, -0.2) is 10.9 Å². The fraction of sp³-hybridized carbons (Fsp3) is 0.417. The summed E-state index contributed by atoms with van der Waals surface area (Å²) in [5.41, 5.74) is 3.20. The zero-order chi connectivity index (χ0) is 10.9. The van der Waals surface area contributed by atoms with E-state index in [4.69, 9.17) is 0 Å². The maximum atomic E-state index is 11.6. The fourth-order valence-corrected chi connectivity index (χ4v) is 1.55. The minimum absolute atomic E-state index is 0.133. The third-order valence-electron chi connectivity index (χ3n) is 2.68. The Labute approximate surface area is 84.6 Å². The van der Waals surface area contributed by atoms with Gasteiger partial charge in [-0.15, -0.1) is 0 Å². The van der Waals surface area contributed by atoms with Crippen molar-refractivity contribution in [2.24, 2.45) is 0 Å². The van der Waals surface area contributed by atoms with Gasteiger partial charge in [-0.3, -0.25) is 4.79 Å². The molecule has 0 saturated heterocycles. The summed E-state index contributed by atoms with van der Waals surface area (Å²) in [6.45, 7) is 7.37. The van der Waals surface area contributed by atoms with Gasteiger partial charge in [0.05, 0.1) is 0 Å². The smallest absolute Gasteiger partial charge is 0.162 e. The van der Waals surface area contributed by atoms with Gasteiger partial charge in [-0.25, -0.2) is 0 Å². The number of rotatable bonds is 2. The average Bonchev–Trinajstić information content (AvgIpc) is 2.19. The quantitative estimate of drug-likeness (QED) is 0.731. The second-order valence-electron chi connectivity index (χ2n) is 3.62. The van der Waals surface area contributed by atoms with Crippen LogP contribution in [0.3, 0.4) is 0 Å². The first-order chi connectivity index (χ1) is 6.49. The van der Waals surface area contributed by atoms with Gasteiger partial charge >= 0.3 is 0 Å². The third-order valence-corrected chi connectivity index (χ3v) is 2.68.